The van der Waals surface area contributed by atoms with E-state index in [-0.39, 0.29) is 0 Å². The van der Waals surface area contributed by atoms with E-state index in [9.17, 15) is 0 Å². The van der Waals surface area contributed by atoms with Crippen LogP contribution in [0.5, 0.6) is 0 Å². The minimum absolute atomic E-state index is 0.548. The molecule has 112 valence electrons. The highest BCUT2D eigenvalue weighted by Gasteiger charge is 2.34. The number of nitrogens with two attached hydrogens (primary N) is 1. The Morgan fingerprint density at radius 3 is 2.37 bits per heavy atom. The van der Waals surface area contributed by atoms with Gasteiger partial charge < -0.3 is 10.6 Å². The molecule has 0 radical (unpaired) electrons. The second-order valence-electron chi connectivity index (χ2n) is 7.59. The molecule has 2 fully saturated rings. The van der Waals surface area contributed by atoms with E-state index in [1.54, 1.807) is 0 Å². The second-order valence-corrected chi connectivity index (χ2v) is 7.59. The Kier molecular flexibility index (Phi) is 5.30. The molecule has 1 atom stereocenters. The zero-order valence-corrected chi connectivity index (χ0v) is 13.3. The highest BCUT2D eigenvalue weighted by Crippen LogP contribution is 2.41. The molecule has 19 heavy (non-hydrogen) atoms. The molecule has 0 aromatic carbocycles. The molecule has 2 aliphatic rings. The van der Waals surface area contributed by atoms with Gasteiger partial charge >= 0.3 is 0 Å². The average Bonchev–Trinajstić information content (AvgIpc) is 2.47. The number of piperidine rings is 1. The molecule has 1 unspecified atom stereocenters. The van der Waals surface area contributed by atoms with Gasteiger partial charge in [0.15, 0.2) is 0 Å². The first-order valence-corrected chi connectivity index (χ1v) is 8.51. The number of hydrogen-bond donors (Lipinski definition) is 1. The van der Waals surface area contributed by atoms with Crippen molar-refractivity contribution in [2.45, 2.75) is 71.8 Å². The van der Waals surface area contributed by atoms with Crippen molar-refractivity contribution >= 4 is 0 Å². The van der Waals surface area contributed by atoms with Crippen molar-refractivity contribution in [2.24, 2.45) is 23.0 Å². The van der Waals surface area contributed by atoms with Gasteiger partial charge in [0.05, 0.1) is 0 Å². The van der Waals surface area contributed by atoms with E-state index in [0.717, 1.165) is 24.4 Å². The van der Waals surface area contributed by atoms with E-state index in [4.69, 9.17) is 5.73 Å². The third kappa shape index (κ3) is 3.72. The smallest absolute Gasteiger partial charge is 0.00955 e. The van der Waals surface area contributed by atoms with Crippen LogP contribution in [0.3, 0.4) is 0 Å². The molecular weight excluding hydrogens is 232 g/mol. The van der Waals surface area contributed by atoms with Crippen LogP contribution in [-0.2, 0) is 0 Å². The van der Waals surface area contributed by atoms with E-state index in [2.05, 4.69) is 25.7 Å². The number of likely N-dealkylation sites (tertiary alicyclic amines) is 1. The summed E-state index contributed by atoms with van der Waals surface area (Å²) in [5.74, 6) is 1.71. The van der Waals surface area contributed by atoms with E-state index >= 15 is 0 Å². The third-order valence-electron chi connectivity index (χ3n) is 6.11. The van der Waals surface area contributed by atoms with Crippen molar-refractivity contribution in [2.75, 3.05) is 19.6 Å². The van der Waals surface area contributed by atoms with Gasteiger partial charge in [-0.05, 0) is 68.9 Å². The van der Waals surface area contributed by atoms with Crippen LogP contribution in [0.25, 0.3) is 0 Å². The maximum Gasteiger partial charge on any atom is 0.00955 e. The summed E-state index contributed by atoms with van der Waals surface area (Å²) >= 11 is 0. The van der Waals surface area contributed by atoms with Crippen molar-refractivity contribution in [1.82, 2.24) is 4.90 Å². The van der Waals surface area contributed by atoms with Crippen LogP contribution < -0.4 is 5.73 Å². The monoisotopic (exact) mass is 266 g/mol. The van der Waals surface area contributed by atoms with E-state index in [1.807, 2.05) is 0 Å². The van der Waals surface area contributed by atoms with E-state index < -0.39 is 0 Å². The zero-order chi connectivity index (χ0) is 13.9. The molecule has 2 nitrogen and oxygen atoms in total. The van der Waals surface area contributed by atoms with Gasteiger partial charge in [0.2, 0.25) is 0 Å². The molecule has 2 heteroatoms. The van der Waals surface area contributed by atoms with Crippen LogP contribution in [0.2, 0.25) is 0 Å². The first-order valence-electron chi connectivity index (χ1n) is 8.51. The van der Waals surface area contributed by atoms with Gasteiger partial charge in [0.1, 0.15) is 0 Å². The minimum atomic E-state index is 0.548. The Morgan fingerprint density at radius 2 is 1.79 bits per heavy atom. The Hall–Kier alpha value is -0.0800. The van der Waals surface area contributed by atoms with Crippen LogP contribution in [0.4, 0.5) is 0 Å². The lowest BCUT2D eigenvalue weighted by molar-refractivity contribution is 0.0602. The maximum absolute atomic E-state index is 5.87. The molecule has 0 bridgehead atoms. The van der Waals surface area contributed by atoms with Crippen molar-refractivity contribution in [1.29, 1.82) is 0 Å². The van der Waals surface area contributed by atoms with Crippen LogP contribution in [0.1, 0.15) is 65.7 Å². The van der Waals surface area contributed by atoms with Gasteiger partial charge in [0, 0.05) is 12.6 Å². The van der Waals surface area contributed by atoms with E-state index in [1.165, 1.54) is 58.0 Å². The lowest BCUT2D eigenvalue weighted by Gasteiger charge is -2.44. The SMILES string of the molecule is CCC(C)(C)C1CCC(N2CCCC(CN)C2)CC1. The Bertz CT molecular complexity index is 266. The molecule has 1 saturated carbocycles. The first kappa shape index (κ1) is 15.3. The lowest BCUT2D eigenvalue weighted by atomic mass is 9.68. The standard InChI is InChI=1S/C17H34N2/c1-4-17(2,3)15-7-9-16(10-8-15)19-11-5-6-14(12-18)13-19/h14-16H,4-13,18H2,1-3H3. The molecule has 1 aliphatic carbocycles. The van der Waals surface area contributed by atoms with Gasteiger partial charge in [-0.15, -0.1) is 0 Å². The third-order valence-corrected chi connectivity index (χ3v) is 6.11. The zero-order valence-electron chi connectivity index (χ0n) is 13.3. The maximum atomic E-state index is 5.87. The Balaban J connectivity index is 1.83. The van der Waals surface area contributed by atoms with Gasteiger partial charge in [-0.1, -0.05) is 27.2 Å². The molecule has 1 heterocycles. The van der Waals surface area contributed by atoms with Crippen molar-refractivity contribution < 1.29 is 0 Å². The Morgan fingerprint density at radius 1 is 1.11 bits per heavy atom. The molecule has 0 aromatic heterocycles. The predicted octanol–water partition coefficient (Wildman–Crippen LogP) is 3.65. The second kappa shape index (κ2) is 6.58. The Labute approximate surface area is 120 Å². The van der Waals surface area contributed by atoms with Crippen LogP contribution in [0, 0.1) is 17.3 Å². The van der Waals surface area contributed by atoms with Gasteiger partial charge in [-0.25, -0.2) is 0 Å². The average molecular weight is 266 g/mol. The van der Waals surface area contributed by atoms with Crippen molar-refractivity contribution in [3.8, 4) is 0 Å². The molecule has 2 rings (SSSR count). The number of nitrogens with zero attached hydrogens (tertiary/aromatic N) is 1. The molecule has 1 saturated heterocycles. The molecule has 0 aromatic rings. The summed E-state index contributed by atoms with van der Waals surface area (Å²) in [7, 11) is 0. The summed E-state index contributed by atoms with van der Waals surface area (Å²) in [5.41, 5.74) is 6.41. The van der Waals surface area contributed by atoms with Crippen LogP contribution in [-0.4, -0.2) is 30.6 Å². The van der Waals surface area contributed by atoms with E-state index in [0.29, 0.717) is 5.41 Å². The van der Waals surface area contributed by atoms with Gasteiger partial charge in [-0.2, -0.15) is 0 Å². The number of rotatable bonds is 4. The predicted molar refractivity (Wildman–Crippen MR) is 83.2 cm³/mol. The highest BCUT2D eigenvalue weighted by molar-refractivity contribution is 4.88. The summed E-state index contributed by atoms with van der Waals surface area (Å²) in [4.78, 5) is 2.76. The fourth-order valence-electron chi connectivity index (χ4n) is 4.13. The van der Waals surface area contributed by atoms with Crippen molar-refractivity contribution in [3.63, 3.8) is 0 Å². The molecule has 0 spiro atoms. The highest BCUT2D eigenvalue weighted by atomic mass is 15.2. The normalized spacial score (nSPS) is 34.4. The summed E-state index contributed by atoms with van der Waals surface area (Å²) in [6.07, 6.45) is 9.76. The quantitative estimate of drug-likeness (QED) is 0.841. The summed E-state index contributed by atoms with van der Waals surface area (Å²) in [6.45, 7) is 10.7. The largest absolute Gasteiger partial charge is 0.330 e. The lowest BCUT2D eigenvalue weighted by Crippen LogP contribution is -2.46. The summed E-state index contributed by atoms with van der Waals surface area (Å²) < 4.78 is 0. The molecule has 2 N–H and O–H groups in total. The van der Waals surface area contributed by atoms with Crippen molar-refractivity contribution in [3.05, 3.63) is 0 Å². The fourth-order valence-corrected chi connectivity index (χ4v) is 4.13. The fraction of sp³-hybridized carbons (Fsp3) is 1.00. The van der Waals surface area contributed by atoms with Crippen LogP contribution in [0.15, 0.2) is 0 Å². The molecule has 0 amide bonds. The summed E-state index contributed by atoms with van der Waals surface area (Å²) in [6, 6.07) is 0.859. The first-order chi connectivity index (χ1) is 9.06. The molecular formula is C17H34N2. The number of hydrogen-bond acceptors (Lipinski definition) is 2. The minimum Gasteiger partial charge on any atom is -0.330 e. The van der Waals surface area contributed by atoms with Gasteiger partial charge in [0.25, 0.3) is 0 Å². The summed E-state index contributed by atoms with van der Waals surface area (Å²) in [5, 5.41) is 0. The van der Waals surface area contributed by atoms with Gasteiger partial charge in [-0.3, -0.25) is 0 Å². The topological polar surface area (TPSA) is 29.3 Å². The van der Waals surface area contributed by atoms with Crippen LogP contribution >= 0.6 is 0 Å². The molecule has 1 aliphatic heterocycles.